The van der Waals surface area contributed by atoms with Gasteiger partial charge in [0.15, 0.2) is 0 Å². The lowest BCUT2D eigenvalue weighted by Crippen LogP contribution is -2.39. The van der Waals surface area contributed by atoms with Crippen molar-refractivity contribution in [2.75, 3.05) is 32.8 Å². The van der Waals surface area contributed by atoms with E-state index >= 15 is 0 Å². The van der Waals surface area contributed by atoms with E-state index in [0.29, 0.717) is 0 Å². The van der Waals surface area contributed by atoms with Crippen LogP contribution < -0.4 is 5.90 Å². The largest absolute Gasteiger partial charge is 0.379 e. The van der Waals surface area contributed by atoms with Crippen LogP contribution in [0.5, 0.6) is 0 Å². The van der Waals surface area contributed by atoms with Gasteiger partial charge in [0.05, 0.1) is 13.2 Å². The summed E-state index contributed by atoms with van der Waals surface area (Å²) in [6.45, 7) is 4.32. The molecule has 1 aliphatic heterocycles. The molecule has 4 heteroatoms. The molecular weight excluding hydrogens is 204 g/mol. The van der Waals surface area contributed by atoms with Crippen LogP contribution in [-0.2, 0) is 9.57 Å². The quantitative estimate of drug-likeness (QED) is 0.771. The standard InChI is InChI=1S/C12H18N2O2/c13-16-12(11-4-2-1-3-5-11)10-14-6-8-15-9-7-14/h1-5,12H,6-10,13H2. The lowest BCUT2D eigenvalue weighted by molar-refractivity contribution is -0.0140. The van der Waals surface area contributed by atoms with Crippen molar-refractivity contribution in [2.45, 2.75) is 6.10 Å². The number of morpholine rings is 1. The molecular formula is C12H18N2O2. The van der Waals surface area contributed by atoms with Gasteiger partial charge in [-0.2, -0.15) is 0 Å². The number of benzene rings is 1. The first-order chi connectivity index (χ1) is 7.90. The van der Waals surface area contributed by atoms with Crippen molar-refractivity contribution in [3.05, 3.63) is 35.9 Å². The maximum atomic E-state index is 5.36. The van der Waals surface area contributed by atoms with Crippen molar-refractivity contribution in [1.29, 1.82) is 0 Å². The Bertz CT molecular complexity index is 299. The molecule has 0 aliphatic carbocycles. The molecule has 1 atom stereocenters. The molecule has 1 heterocycles. The summed E-state index contributed by atoms with van der Waals surface area (Å²) in [6, 6.07) is 10.1. The predicted octanol–water partition coefficient (Wildman–Crippen LogP) is 0.950. The Morgan fingerprint density at radius 3 is 2.56 bits per heavy atom. The number of rotatable bonds is 4. The Balaban J connectivity index is 1.94. The van der Waals surface area contributed by atoms with Gasteiger partial charge in [0, 0.05) is 19.6 Å². The van der Waals surface area contributed by atoms with Crippen LogP contribution in [0.4, 0.5) is 0 Å². The molecule has 1 fully saturated rings. The fourth-order valence-electron chi connectivity index (χ4n) is 1.91. The van der Waals surface area contributed by atoms with E-state index < -0.39 is 0 Å². The highest BCUT2D eigenvalue weighted by Gasteiger charge is 2.17. The van der Waals surface area contributed by atoms with Gasteiger partial charge >= 0.3 is 0 Å². The van der Waals surface area contributed by atoms with Crippen LogP contribution >= 0.6 is 0 Å². The third-order valence-electron chi connectivity index (χ3n) is 2.86. The molecule has 16 heavy (non-hydrogen) atoms. The molecule has 0 spiro atoms. The minimum Gasteiger partial charge on any atom is -0.379 e. The topological polar surface area (TPSA) is 47.7 Å². The summed E-state index contributed by atoms with van der Waals surface area (Å²) in [5.74, 6) is 5.36. The molecule has 1 aromatic rings. The van der Waals surface area contributed by atoms with Crippen molar-refractivity contribution >= 4 is 0 Å². The number of hydrogen-bond acceptors (Lipinski definition) is 4. The van der Waals surface area contributed by atoms with E-state index in [2.05, 4.69) is 4.90 Å². The van der Waals surface area contributed by atoms with E-state index in [0.717, 1.165) is 38.4 Å². The van der Waals surface area contributed by atoms with Crippen LogP contribution in [-0.4, -0.2) is 37.7 Å². The molecule has 1 unspecified atom stereocenters. The summed E-state index contributed by atoms with van der Waals surface area (Å²) in [5, 5.41) is 0. The monoisotopic (exact) mass is 222 g/mol. The van der Waals surface area contributed by atoms with Gasteiger partial charge in [0.1, 0.15) is 6.10 Å². The fraction of sp³-hybridized carbons (Fsp3) is 0.500. The fourth-order valence-corrected chi connectivity index (χ4v) is 1.91. The first-order valence-electron chi connectivity index (χ1n) is 5.61. The highest BCUT2D eigenvalue weighted by molar-refractivity contribution is 5.17. The van der Waals surface area contributed by atoms with Crippen LogP contribution in [0.3, 0.4) is 0 Å². The molecule has 0 amide bonds. The zero-order valence-electron chi connectivity index (χ0n) is 9.34. The number of ether oxygens (including phenoxy) is 1. The van der Waals surface area contributed by atoms with E-state index in [1.807, 2.05) is 30.3 Å². The maximum Gasteiger partial charge on any atom is 0.116 e. The zero-order chi connectivity index (χ0) is 11.2. The van der Waals surface area contributed by atoms with Gasteiger partial charge in [-0.1, -0.05) is 30.3 Å². The minimum absolute atomic E-state index is 0.0562. The van der Waals surface area contributed by atoms with Crippen molar-refractivity contribution in [3.63, 3.8) is 0 Å². The summed E-state index contributed by atoms with van der Waals surface area (Å²) in [5.41, 5.74) is 1.12. The first-order valence-corrected chi connectivity index (χ1v) is 5.61. The van der Waals surface area contributed by atoms with Gasteiger partial charge in [-0.05, 0) is 5.56 Å². The average molecular weight is 222 g/mol. The highest BCUT2D eigenvalue weighted by atomic mass is 16.6. The van der Waals surface area contributed by atoms with Gasteiger partial charge < -0.3 is 4.74 Å². The Hall–Kier alpha value is -0.940. The van der Waals surface area contributed by atoms with Gasteiger partial charge in [-0.15, -0.1) is 0 Å². The van der Waals surface area contributed by atoms with Crippen molar-refractivity contribution < 1.29 is 9.57 Å². The Kier molecular flexibility index (Phi) is 4.30. The third kappa shape index (κ3) is 3.02. The average Bonchev–Trinajstić information content (AvgIpc) is 2.38. The lowest BCUT2D eigenvalue weighted by Gasteiger charge is -2.29. The summed E-state index contributed by atoms with van der Waals surface area (Å²) in [6.07, 6.45) is -0.0562. The van der Waals surface area contributed by atoms with Crippen molar-refractivity contribution in [3.8, 4) is 0 Å². The summed E-state index contributed by atoms with van der Waals surface area (Å²) in [7, 11) is 0. The Morgan fingerprint density at radius 2 is 1.94 bits per heavy atom. The number of hydrogen-bond donors (Lipinski definition) is 1. The SMILES string of the molecule is NOC(CN1CCOCC1)c1ccccc1. The highest BCUT2D eigenvalue weighted by Crippen LogP contribution is 2.17. The van der Waals surface area contributed by atoms with Crippen molar-refractivity contribution in [2.24, 2.45) is 5.90 Å². The molecule has 0 radical (unpaired) electrons. The molecule has 4 nitrogen and oxygen atoms in total. The van der Waals surface area contributed by atoms with E-state index in [1.54, 1.807) is 0 Å². The normalized spacial score (nSPS) is 19.6. The van der Waals surface area contributed by atoms with Gasteiger partial charge in [-0.3, -0.25) is 9.74 Å². The second-order valence-electron chi connectivity index (χ2n) is 3.95. The number of nitrogens with two attached hydrogens (primary N) is 1. The molecule has 0 aromatic heterocycles. The Labute approximate surface area is 95.9 Å². The minimum atomic E-state index is -0.0562. The van der Waals surface area contributed by atoms with Crippen molar-refractivity contribution in [1.82, 2.24) is 4.90 Å². The van der Waals surface area contributed by atoms with Gasteiger partial charge in [0.2, 0.25) is 0 Å². The summed E-state index contributed by atoms with van der Waals surface area (Å²) < 4.78 is 5.31. The molecule has 2 rings (SSSR count). The molecule has 1 saturated heterocycles. The molecule has 0 bridgehead atoms. The smallest absolute Gasteiger partial charge is 0.116 e. The summed E-state index contributed by atoms with van der Waals surface area (Å²) >= 11 is 0. The lowest BCUT2D eigenvalue weighted by atomic mass is 10.1. The molecule has 1 aromatic carbocycles. The third-order valence-corrected chi connectivity index (χ3v) is 2.86. The molecule has 2 N–H and O–H groups in total. The molecule has 88 valence electrons. The van der Waals surface area contributed by atoms with Crippen LogP contribution in [0, 0.1) is 0 Å². The number of nitrogens with zero attached hydrogens (tertiary/aromatic N) is 1. The summed E-state index contributed by atoms with van der Waals surface area (Å²) in [4.78, 5) is 7.37. The van der Waals surface area contributed by atoms with Gasteiger partial charge in [-0.25, -0.2) is 5.90 Å². The Morgan fingerprint density at radius 1 is 1.25 bits per heavy atom. The van der Waals surface area contributed by atoms with E-state index in [4.69, 9.17) is 15.5 Å². The maximum absolute atomic E-state index is 5.36. The van der Waals surface area contributed by atoms with Crippen LogP contribution in [0.1, 0.15) is 11.7 Å². The van der Waals surface area contributed by atoms with E-state index in [9.17, 15) is 0 Å². The van der Waals surface area contributed by atoms with Crippen LogP contribution in [0.15, 0.2) is 30.3 Å². The zero-order valence-corrected chi connectivity index (χ0v) is 9.34. The van der Waals surface area contributed by atoms with E-state index in [1.165, 1.54) is 0 Å². The van der Waals surface area contributed by atoms with Crippen LogP contribution in [0.25, 0.3) is 0 Å². The second-order valence-corrected chi connectivity index (χ2v) is 3.95. The van der Waals surface area contributed by atoms with Gasteiger partial charge in [0.25, 0.3) is 0 Å². The molecule has 1 aliphatic rings. The van der Waals surface area contributed by atoms with Crippen LogP contribution in [0.2, 0.25) is 0 Å². The second kappa shape index (κ2) is 5.96. The van der Waals surface area contributed by atoms with E-state index in [-0.39, 0.29) is 6.10 Å². The molecule has 0 saturated carbocycles. The first kappa shape index (κ1) is 11.5. The predicted molar refractivity (Wildman–Crippen MR) is 61.7 cm³/mol.